The number of hydrogen-bond donors (Lipinski definition) is 1. The number of aryl methyl sites for hydroxylation is 1. The average molecular weight is 267 g/mol. The van der Waals surface area contributed by atoms with E-state index in [2.05, 4.69) is 24.4 Å². The van der Waals surface area contributed by atoms with E-state index >= 15 is 0 Å². The maximum absolute atomic E-state index is 5.53. The fraction of sp³-hybridized carbons (Fsp3) is 0.600. The maximum Gasteiger partial charge on any atom is 0.0700 e. The number of methoxy groups -OCH3 is 1. The monoisotopic (exact) mass is 267 g/mol. The molecule has 0 aliphatic rings. The van der Waals surface area contributed by atoms with Crippen LogP contribution in [-0.2, 0) is 14.2 Å². The molecule has 0 amide bonds. The summed E-state index contributed by atoms with van der Waals surface area (Å²) in [5, 5.41) is 3.36. The second-order valence-corrected chi connectivity index (χ2v) is 4.31. The van der Waals surface area contributed by atoms with Gasteiger partial charge in [-0.3, -0.25) is 0 Å². The second kappa shape index (κ2) is 10.8. The van der Waals surface area contributed by atoms with E-state index in [1.165, 1.54) is 11.3 Å². The van der Waals surface area contributed by atoms with E-state index in [0.29, 0.717) is 19.8 Å². The molecule has 19 heavy (non-hydrogen) atoms. The zero-order chi connectivity index (χ0) is 13.8. The first-order valence-corrected chi connectivity index (χ1v) is 6.78. The van der Waals surface area contributed by atoms with E-state index < -0.39 is 0 Å². The van der Waals surface area contributed by atoms with Crippen molar-refractivity contribution in [2.45, 2.75) is 13.3 Å². The predicted octanol–water partition coefficient (Wildman–Crippen LogP) is 2.48. The number of benzene rings is 1. The van der Waals surface area contributed by atoms with Crippen LogP contribution in [0.1, 0.15) is 12.0 Å². The number of nitrogens with one attached hydrogen (secondary N) is 1. The Morgan fingerprint density at radius 3 is 2.42 bits per heavy atom. The summed E-state index contributed by atoms with van der Waals surface area (Å²) in [7, 11) is 1.67. The molecule has 0 spiro atoms. The Bertz CT molecular complexity index is 331. The van der Waals surface area contributed by atoms with Crippen LogP contribution in [0.4, 0.5) is 5.69 Å². The Morgan fingerprint density at radius 1 is 0.947 bits per heavy atom. The molecule has 0 saturated carbocycles. The van der Waals surface area contributed by atoms with Crippen molar-refractivity contribution in [1.29, 1.82) is 0 Å². The second-order valence-electron chi connectivity index (χ2n) is 4.31. The average Bonchev–Trinajstić information content (AvgIpc) is 2.43. The van der Waals surface area contributed by atoms with Gasteiger partial charge < -0.3 is 19.5 Å². The first-order chi connectivity index (χ1) is 9.34. The lowest BCUT2D eigenvalue weighted by atomic mass is 10.2. The predicted molar refractivity (Wildman–Crippen MR) is 77.8 cm³/mol. The normalized spacial score (nSPS) is 10.6. The van der Waals surface area contributed by atoms with Crippen molar-refractivity contribution in [3.05, 3.63) is 29.8 Å². The van der Waals surface area contributed by atoms with Crippen molar-refractivity contribution in [2.75, 3.05) is 52.0 Å². The maximum atomic E-state index is 5.53. The minimum Gasteiger partial charge on any atom is -0.383 e. The summed E-state index contributed by atoms with van der Waals surface area (Å²) in [6.45, 7) is 6.42. The largest absolute Gasteiger partial charge is 0.383 e. The SMILES string of the molecule is COCCOCCCOCCNc1ccccc1C. The highest BCUT2D eigenvalue weighted by atomic mass is 16.5. The highest BCUT2D eigenvalue weighted by Gasteiger charge is 1.95. The molecule has 4 nitrogen and oxygen atoms in total. The van der Waals surface area contributed by atoms with Gasteiger partial charge in [-0.1, -0.05) is 18.2 Å². The van der Waals surface area contributed by atoms with Crippen LogP contribution in [0, 0.1) is 6.92 Å². The van der Waals surface area contributed by atoms with E-state index in [1.807, 2.05) is 12.1 Å². The van der Waals surface area contributed by atoms with Gasteiger partial charge in [0.05, 0.1) is 19.8 Å². The van der Waals surface area contributed by atoms with Gasteiger partial charge in [-0.2, -0.15) is 0 Å². The quantitative estimate of drug-likeness (QED) is 0.625. The standard InChI is InChI=1S/C15H25NO3/c1-14-6-3-4-7-15(14)16-8-11-18-9-5-10-19-13-12-17-2/h3-4,6-7,16H,5,8-13H2,1-2H3. The molecule has 0 bridgehead atoms. The van der Waals surface area contributed by atoms with Crippen LogP contribution < -0.4 is 5.32 Å². The summed E-state index contributed by atoms with van der Waals surface area (Å²) in [6, 6.07) is 8.26. The zero-order valence-electron chi connectivity index (χ0n) is 12.0. The van der Waals surface area contributed by atoms with Gasteiger partial charge in [-0.25, -0.2) is 0 Å². The van der Waals surface area contributed by atoms with Crippen LogP contribution in [0.25, 0.3) is 0 Å². The third kappa shape index (κ3) is 7.82. The van der Waals surface area contributed by atoms with Gasteiger partial charge in [0.2, 0.25) is 0 Å². The molecule has 0 aromatic heterocycles. The van der Waals surface area contributed by atoms with E-state index in [4.69, 9.17) is 14.2 Å². The summed E-state index contributed by atoms with van der Waals surface area (Å²) in [6.07, 6.45) is 0.925. The van der Waals surface area contributed by atoms with Crippen LogP contribution in [-0.4, -0.2) is 46.7 Å². The minimum absolute atomic E-state index is 0.654. The molecule has 1 rings (SSSR count). The summed E-state index contributed by atoms with van der Waals surface area (Å²) < 4.78 is 15.8. The van der Waals surface area contributed by atoms with Crippen molar-refractivity contribution in [1.82, 2.24) is 0 Å². The molecule has 0 radical (unpaired) electrons. The Morgan fingerprint density at radius 2 is 1.68 bits per heavy atom. The molecule has 0 atom stereocenters. The highest BCUT2D eigenvalue weighted by molar-refractivity contribution is 5.50. The number of hydrogen-bond acceptors (Lipinski definition) is 4. The number of ether oxygens (including phenoxy) is 3. The molecule has 0 aliphatic carbocycles. The molecular weight excluding hydrogens is 242 g/mol. The lowest BCUT2D eigenvalue weighted by molar-refractivity contribution is 0.0529. The molecule has 0 heterocycles. The molecule has 0 unspecified atom stereocenters. The van der Waals surface area contributed by atoms with Crippen LogP contribution >= 0.6 is 0 Å². The van der Waals surface area contributed by atoms with E-state index in [-0.39, 0.29) is 0 Å². The minimum atomic E-state index is 0.654. The van der Waals surface area contributed by atoms with Crippen LogP contribution in [0.3, 0.4) is 0 Å². The van der Waals surface area contributed by atoms with E-state index in [0.717, 1.165) is 26.2 Å². The third-order valence-electron chi connectivity index (χ3n) is 2.72. The summed E-state index contributed by atoms with van der Waals surface area (Å²) in [5.41, 5.74) is 2.43. The van der Waals surface area contributed by atoms with E-state index in [9.17, 15) is 0 Å². The first-order valence-electron chi connectivity index (χ1n) is 6.78. The van der Waals surface area contributed by atoms with Gasteiger partial charge in [0.15, 0.2) is 0 Å². The van der Waals surface area contributed by atoms with Gasteiger partial charge in [0.25, 0.3) is 0 Å². The molecule has 1 aromatic carbocycles. The number of para-hydroxylation sites is 1. The smallest absolute Gasteiger partial charge is 0.0700 e. The van der Waals surface area contributed by atoms with Gasteiger partial charge in [-0.15, -0.1) is 0 Å². The molecule has 0 fully saturated rings. The van der Waals surface area contributed by atoms with Crippen LogP contribution in [0.5, 0.6) is 0 Å². The Hall–Kier alpha value is -1.10. The molecule has 1 aromatic rings. The molecule has 0 aliphatic heterocycles. The molecule has 0 saturated heterocycles. The summed E-state index contributed by atoms with van der Waals surface area (Å²) in [4.78, 5) is 0. The molecule has 1 N–H and O–H groups in total. The summed E-state index contributed by atoms with van der Waals surface area (Å²) >= 11 is 0. The Labute approximate surface area is 116 Å². The Balaban J connectivity index is 1.90. The molecular formula is C15H25NO3. The Kier molecular flexibility index (Phi) is 9.06. The lowest BCUT2D eigenvalue weighted by Gasteiger charge is -2.09. The van der Waals surface area contributed by atoms with Crippen LogP contribution in [0.2, 0.25) is 0 Å². The zero-order valence-corrected chi connectivity index (χ0v) is 12.0. The lowest BCUT2D eigenvalue weighted by Crippen LogP contribution is -2.12. The van der Waals surface area contributed by atoms with Crippen molar-refractivity contribution in [3.63, 3.8) is 0 Å². The number of anilines is 1. The van der Waals surface area contributed by atoms with Crippen molar-refractivity contribution in [2.24, 2.45) is 0 Å². The third-order valence-corrected chi connectivity index (χ3v) is 2.72. The van der Waals surface area contributed by atoms with Crippen molar-refractivity contribution >= 4 is 5.69 Å². The molecule has 108 valence electrons. The van der Waals surface area contributed by atoms with Crippen LogP contribution in [0.15, 0.2) is 24.3 Å². The fourth-order valence-corrected chi connectivity index (χ4v) is 1.64. The van der Waals surface area contributed by atoms with E-state index in [1.54, 1.807) is 7.11 Å². The summed E-state index contributed by atoms with van der Waals surface area (Å²) in [5.74, 6) is 0. The first kappa shape index (κ1) is 16.0. The highest BCUT2D eigenvalue weighted by Crippen LogP contribution is 2.12. The van der Waals surface area contributed by atoms with Gasteiger partial charge in [0.1, 0.15) is 0 Å². The van der Waals surface area contributed by atoms with Crippen molar-refractivity contribution < 1.29 is 14.2 Å². The van der Waals surface area contributed by atoms with Gasteiger partial charge >= 0.3 is 0 Å². The topological polar surface area (TPSA) is 39.7 Å². The van der Waals surface area contributed by atoms with Gasteiger partial charge in [-0.05, 0) is 25.0 Å². The van der Waals surface area contributed by atoms with Crippen molar-refractivity contribution in [3.8, 4) is 0 Å². The number of rotatable bonds is 11. The van der Waals surface area contributed by atoms with Gasteiger partial charge in [0, 0.05) is 32.6 Å². The fourth-order valence-electron chi connectivity index (χ4n) is 1.64. The molecule has 4 heteroatoms.